The summed E-state index contributed by atoms with van der Waals surface area (Å²) >= 11 is 0. The summed E-state index contributed by atoms with van der Waals surface area (Å²) in [5.74, 6) is 10.5. The van der Waals surface area contributed by atoms with Crippen LogP contribution in [0.5, 0.6) is 0 Å². The van der Waals surface area contributed by atoms with Gasteiger partial charge in [0, 0.05) is 25.9 Å². The maximum Gasteiger partial charge on any atom is 0.410 e. The van der Waals surface area contributed by atoms with Gasteiger partial charge in [0.15, 0.2) is 0 Å². The van der Waals surface area contributed by atoms with Crippen LogP contribution in [0.3, 0.4) is 0 Å². The molecule has 0 aliphatic carbocycles. The van der Waals surface area contributed by atoms with Crippen LogP contribution in [0.15, 0.2) is 0 Å². The molecule has 0 aromatic carbocycles. The standard InChI is InChI=1S/C28H44N2O8/c1-5-9-21-37-25(31)23-29(27(33)35-7-3)19-17-15-13-11-12-14-16-18-20-30(28(34)36-8-4)24-26(32)38-22-10-6-2/h5-10,15-24H2,1-4H3. The number of esters is 2. The molecule has 2 amide bonds. The molecule has 0 saturated heterocycles. The van der Waals surface area contributed by atoms with Gasteiger partial charge in [-0.15, -0.1) is 0 Å². The Hall–Kier alpha value is -3.40. The summed E-state index contributed by atoms with van der Waals surface area (Å²) in [5.41, 5.74) is 0. The molecule has 38 heavy (non-hydrogen) atoms. The number of rotatable bonds is 18. The van der Waals surface area contributed by atoms with Gasteiger partial charge in [0.05, 0.1) is 26.4 Å². The van der Waals surface area contributed by atoms with Gasteiger partial charge in [-0.1, -0.05) is 38.5 Å². The number of ether oxygens (including phenoxy) is 4. The van der Waals surface area contributed by atoms with Gasteiger partial charge in [0.2, 0.25) is 0 Å². The highest BCUT2D eigenvalue weighted by Gasteiger charge is 2.19. The fourth-order valence-electron chi connectivity index (χ4n) is 2.89. The highest BCUT2D eigenvalue weighted by atomic mass is 16.6. The van der Waals surface area contributed by atoms with E-state index in [-0.39, 0.29) is 26.3 Å². The minimum atomic E-state index is -0.557. The summed E-state index contributed by atoms with van der Waals surface area (Å²) in [6.07, 6.45) is 4.36. The number of hydrogen-bond donors (Lipinski definition) is 0. The van der Waals surface area contributed by atoms with Crippen LogP contribution >= 0.6 is 0 Å². The van der Waals surface area contributed by atoms with Crippen LogP contribution in [-0.2, 0) is 28.5 Å². The molecule has 0 fully saturated rings. The fourth-order valence-corrected chi connectivity index (χ4v) is 2.89. The number of carbonyl (C=O) groups excluding carboxylic acids is 4. The SMILES string of the molecule is CCCCOC(=O)CN(CCCC#CC#CCCCN(CC(=O)OCCCC)C(=O)OCC)C(=O)OCC. The number of carbonyl (C=O) groups is 4. The van der Waals surface area contributed by atoms with E-state index < -0.39 is 24.1 Å². The predicted octanol–water partition coefficient (Wildman–Crippen LogP) is 4.16. The second-order valence-corrected chi connectivity index (χ2v) is 8.20. The molecule has 0 saturated carbocycles. The first-order valence-electron chi connectivity index (χ1n) is 13.5. The predicted molar refractivity (Wildman–Crippen MR) is 143 cm³/mol. The second kappa shape index (κ2) is 24.0. The molecule has 10 nitrogen and oxygen atoms in total. The average molecular weight is 537 g/mol. The number of hydrogen-bond acceptors (Lipinski definition) is 8. The molecule has 0 aromatic heterocycles. The first-order chi connectivity index (χ1) is 18.4. The first-order valence-corrected chi connectivity index (χ1v) is 13.5. The van der Waals surface area contributed by atoms with Crippen LogP contribution in [0.1, 0.15) is 79.1 Å². The average Bonchev–Trinajstić information content (AvgIpc) is 2.88. The van der Waals surface area contributed by atoms with Crippen molar-refractivity contribution in [2.45, 2.75) is 79.1 Å². The van der Waals surface area contributed by atoms with E-state index in [0.29, 0.717) is 52.0 Å². The van der Waals surface area contributed by atoms with Gasteiger partial charge in [-0.05, 0) is 51.4 Å². The normalized spacial score (nSPS) is 9.68. The van der Waals surface area contributed by atoms with Crippen molar-refractivity contribution in [3.8, 4) is 23.7 Å². The Morgan fingerprint density at radius 1 is 0.579 bits per heavy atom. The Morgan fingerprint density at radius 3 is 1.32 bits per heavy atom. The smallest absolute Gasteiger partial charge is 0.410 e. The molecular formula is C28H44N2O8. The van der Waals surface area contributed by atoms with Crippen LogP contribution in [0.25, 0.3) is 0 Å². The van der Waals surface area contributed by atoms with Crippen molar-refractivity contribution < 1.29 is 38.1 Å². The lowest BCUT2D eigenvalue weighted by molar-refractivity contribution is -0.145. The molecule has 10 heteroatoms. The van der Waals surface area contributed by atoms with E-state index in [1.807, 2.05) is 13.8 Å². The van der Waals surface area contributed by atoms with Gasteiger partial charge in [-0.3, -0.25) is 19.4 Å². The maximum absolute atomic E-state index is 12.1. The van der Waals surface area contributed by atoms with Crippen LogP contribution in [0.2, 0.25) is 0 Å². The van der Waals surface area contributed by atoms with Gasteiger partial charge >= 0.3 is 24.1 Å². The minimum absolute atomic E-state index is 0.158. The zero-order valence-corrected chi connectivity index (χ0v) is 23.5. The third-order valence-electron chi connectivity index (χ3n) is 4.91. The molecular weight excluding hydrogens is 492 g/mol. The van der Waals surface area contributed by atoms with Crippen molar-refractivity contribution in [1.82, 2.24) is 9.80 Å². The zero-order valence-electron chi connectivity index (χ0n) is 23.5. The summed E-state index contributed by atoms with van der Waals surface area (Å²) in [5, 5.41) is 0. The molecule has 0 aliphatic heterocycles. The van der Waals surface area contributed by atoms with E-state index in [2.05, 4.69) is 23.7 Å². The molecule has 0 unspecified atom stereocenters. The van der Waals surface area contributed by atoms with Gasteiger partial charge in [0.1, 0.15) is 13.1 Å². The molecule has 0 bridgehead atoms. The largest absolute Gasteiger partial charge is 0.464 e. The maximum atomic E-state index is 12.1. The molecule has 0 heterocycles. The summed E-state index contributed by atoms with van der Waals surface area (Å²) < 4.78 is 20.3. The van der Waals surface area contributed by atoms with Crippen LogP contribution in [0, 0.1) is 23.7 Å². The quantitative estimate of drug-likeness (QED) is 0.111. The molecule has 0 atom stereocenters. The summed E-state index contributed by atoms with van der Waals surface area (Å²) in [7, 11) is 0. The van der Waals surface area contributed by atoms with E-state index in [0.717, 1.165) is 25.7 Å². The lowest BCUT2D eigenvalue weighted by atomic mass is 10.2. The zero-order chi connectivity index (χ0) is 28.4. The van der Waals surface area contributed by atoms with E-state index in [1.54, 1.807) is 13.8 Å². The van der Waals surface area contributed by atoms with Crippen molar-refractivity contribution >= 4 is 24.1 Å². The van der Waals surface area contributed by atoms with E-state index in [9.17, 15) is 19.2 Å². The van der Waals surface area contributed by atoms with Crippen LogP contribution in [0.4, 0.5) is 9.59 Å². The molecule has 0 spiro atoms. The van der Waals surface area contributed by atoms with E-state index in [4.69, 9.17) is 18.9 Å². The topological polar surface area (TPSA) is 112 Å². The third kappa shape index (κ3) is 18.8. The molecule has 0 aromatic rings. The van der Waals surface area contributed by atoms with Gasteiger partial charge in [-0.2, -0.15) is 0 Å². The summed E-state index contributed by atoms with van der Waals surface area (Å²) in [4.78, 5) is 50.7. The van der Waals surface area contributed by atoms with Crippen molar-refractivity contribution in [3.05, 3.63) is 0 Å². The Bertz CT molecular complexity index is 754. The number of nitrogens with zero attached hydrogens (tertiary/aromatic N) is 2. The fraction of sp³-hybridized carbons (Fsp3) is 0.714. The van der Waals surface area contributed by atoms with Gasteiger partial charge in [-0.25, -0.2) is 9.59 Å². The van der Waals surface area contributed by atoms with E-state index in [1.165, 1.54) is 9.80 Å². The second-order valence-electron chi connectivity index (χ2n) is 8.20. The van der Waals surface area contributed by atoms with Gasteiger partial charge in [0.25, 0.3) is 0 Å². The Kier molecular flexibility index (Phi) is 21.8. The summed E-state index contributed by atoms with van der Waals surface area (Å²) in [6.45, 7) is 8.83. The van der Waals surface area contributed by atoms with Crippen molar-refractivity contribution in [1.29, 1.82) is 0 Å². The summed E-state index contributed by atoms with van der Waals surface area (Å²) in [6, 6.07) is 0. The number of amides is 2. The van der Waals surface area contributed by atoms with Crippen LogP contribution in [-0.4, -0.2) is 86.5 Å². The first kappa shape index (κ1) is 34.6. The van der Waals surface area contributed by atoms with Crippen molar-refractivity contribution in [2.75, 3.05) is 52.6 Å². The Labute approximate surface area is 227 Å². The van der Waals surface area contributed by atoms with Crippen LogP contribution < -0.4 is 0 Å². The Morgan fingerprint density at radius 2 is 0.974 bits per heavy atom. The molecule has 214 valence electrons. The highest BCUT2D eigenvalue weighted by molar-refractivity contribution is 5.78. The van der Waals surface area contributed by atoms with Crippen molar-refractivity contribution in [3.63, 3.8) is 0 Å². The molecule has 0 rings (SSSR count). The Balaban J connectivity index is 4.50. The molecule has 0 aliphatic rings. The molecule has 0 N–H and O–H groups in total. The number of unbranched alkanes of at least 4 members (excludes halogenated alkanes) is 4. The minimum Gasteiger partial charge on any atom is -0.464 e. The van der Waals surface area contributed by atoms with Crippen molar-refractivity contribution in [2.24, 2.45) is 0 Å². The van der Waals surface area contributed by atoms with E-state index >= 15 is 0 Å². The highest BCUT2D eigenvalue weighted by Crippen LogP contribution is 2.02. The molecule has 0 radical (unpaired) electrons. The lowest BCUT2D eigenvalue weighted by Gasteiger charge is -2.20. The third-order valence-corrected chi connectivity index (χ3v) is 4.91. The lowest BCUT2D eigenvalue weighted by Crippen LogP contribution is -2.37. The van der Waals surface area contributed by atoms with Gasteiger partial charge < -0.3 is 18.9 Å². The monoisotopic (exact) mass is 536 g/mol.